The molecule has 204 valence electrons. The van der Waals surface area contributed by atoms with E-state index in [-0.39, 0.29) is 16.5 Å². The van der Waals surface area contributed by atoms with Crippen molar-refractivity contribution < 1.29 is 23.8 Å². The first-order valence-electron chi connectivity index (χ1n) is 13.0. The number of amides is 1. The highest BCUT2D eigenvalue weighted by molar-refractivity contribution is 7.22. The summed E-state index contributed by atoms with van der Waals surface area (Å²) < 4.78 is 20.4. The van der Waals surface area contributed by atoms with E-state index in [4.69, 9.17) is 4.74 Å². The number of halogens is 1. The topological polar surface area (TPSA) is 79.7 Å². The van der Waals surface area contributed by atoms with Crippen LogP contribution in [0.2, 0.25) is 0 Å². The number of ketones is 1. The van der Waals surface area contributed by atoms with Crippen LogP contribution in [-0.2, 0) is 16.2 Å². The van der Waals surface area contributed by atoms with Gasteiger partial charge < -0.3 is 9.84 Å². The van der Waals surface area contributed by atoms with Crippen LogP contribution in [0.15, 0.2) is 96.6 Å². The Morgan fingerprint density at radius 3 is 2.49 bits per heavy atom. The Morgan fingerprint density at radius 2 is 1.73 bits per heavy atom. The van der Waals surface area contributed by atoms with Crippen LogP contribution in [0, 0.1) is 19.7 Å². The van der Waals surface area contributed by atoms with Crippen LogP contribution in [0.3, 0.4) is 0 Å². The number of thiazole rings is 1. The largest absolute Gasteiger partial charge is 0.507 e. The molecule has 1 aliphatic heterocycles. The first-order chi connectivity index (χ1) is 19.8. The standard InChI is InChI=1S/C33H25FN2O4S/c1-19-8-9-20(2)25(16-19)30(37)28-29(22-10-13-24(14-11-22)40-18-21-6-4-3-5-7-21)36(32(39)31(28)38)33-35-26-15-12-23(34)17-27(26)41-33/h3-17,29,37H,18H2,1-2H3. The lowest BCUT2D eigenvalue weighted by molar-refractivity contribution is -0.132. The van der Waals surface area contributed by atoms with Crippen LogP contribution in [0.4, 0.5) is 9.52 Å². The molecule has 41 heavy (non-hydrogen) atoms. The summed E-state index contributed by atoms with van der Waals surface area (Å²) in [6, 6.07) is 25.6. The molecule has 1 fully saturated rings. The van der Waals surface area contributed by atoms with Crippen molar-refractivity contribution in [3.8, 4) is 5.75 Å². The first-order valence-corrected chi connectivity index (χ1v) is 13.8. The third-order valence-electron chi connectivity index (χ3n) is 7.08. The van der Waals surface area contributed by atoms with Gasteiger partial charge in [-0.1, -0.05) is 71.5 Å². The number of aryl methyl sites for hydroxylation is 2. The molecule has 0 spiro atoms. The zero-order valence-corrected chi connectivity index (χ0v) is 23.1. The fourth-order valence-corrected chi connectivity index (χ4v) is 5.97. The van der Waals surface area contributed by atoms with Crippen LogP contribution < -0.4 is 9.64 Å². The highest BCUT2D eigenvalue weighted by Crippen LogP contribution is 2.45. The molecule has 6 nitrogen and oxygen atoms in total. The molecule has 0 aliphatic carbocycles. The van der Waals surface area contributed by atoms with Gasteiger partial charge in [0.2, 0.25) is 0 Å². The lowest BCUT2D eigenvalue weighted by Crippen LogP contribution is -2.29. The Labute approximate surface area is 240 Å². The number of anilines is 1. The van der Waals surface area contributed by atoms with Gasteiger partial charge in [0.1, 0.15) is 23.9 Å². The van der Waals surface area contributed by atoms with Crippen molar-refractivity contribution in [2.75, 3.05) is 4.90 Å². The Kier molecular flexibility index (Phi) is 6.85. The zero-order chi connectivity index (χ0) is 28.7. The average molecular weight is 565 g/mol. The van der Waals surface area contributed by atoms with Gasteiger partial charge in [-0.05, 0) is 66.9 Å². The molecule has 8 heteroatoms. The summed E-state index contributed by atoms with van der Waals surface area (Å²) in [5, 5.41) is 11.8. The maximum Gasteiger partial charge on any atom is 0.301 e. The van der Waals surface area contributed by atoms with Crippen LogP contribution in [0.25, 0.3) is 16.0 Å². The minimum atomic E-state index is -0.955. The number of Topliss-reactive ketones (excluding diaryl/α,β-unsaturated/α-hetero) is 1. The SMILES string of the molecule is Cc1ccc(C)c(C(O)=C2C(=O)C(=O)N(c3nc4ccc(F)cc4s3)C2c2ccc(OCc3ccccc3)cc2)c1. The second-order valence-electron chi connectivity index (χ2n) is 9.94. The van der Waals surface area contributed by atoms with Gasteiger partial charge in [-0.3, -0.25) is 14.5 Å². The van der Waals surface area contributed by atoms with Crippen molar-refractivity contribution in [2.45, 2.75) is 26.5 Å². The fraction of sp³-hybridized carbons (Fsp3) is 0.121. The summed E-state index contributed by atoms with van der Waals surface area (Å²) >= 11 is 1.11. The molecule has 2 heterocycles. The third-order valence-corrected chi connectivity index (χ3v) is 8.10. The summed E-state index contributed by atoms with van der Waals surface area (Å²) in [5.74, 6) is -1.70. The van der Waals surface area contributed by atoms with Gasteiger partial charge >= 0.3 is 5.91 Å². The average Bonchev–Trinajstić information content (AvgIpc) is 3.51. The molecule has 0 bridgehead atoms. The van der Waals surface area contributed by atoms with Crippen LogP contribution in [-0.4, -0.2) is 21.8 Å². The monoisotopic (exact) mass is 564 g/mol. The van der Waals surface area contributed by atoms with Gasteiger partial charge in [-0.25, -0.2) is 9.37 Å². The van der Waals surface area contributed by atoms with Crippen molar-refractivity contribution in [1.29, 1.82) is 0 Å². The van der Waals surface area contributed by atoms with Gasteiger partial charge in [-0.15, -0.1) is 0 Å². The van der Waals surface area contributed by atoms with E-state index in [1.165, 1.54) is 23.1 Å². The van der Waals surface area contributed by atoms with E-state index in [0.29, 0.717) is 33.7 Å². The maximum absolute atomic E-state index is 13.9. The molecule has 0 saturated carbocycles. The highest BCUT2D eigenvalue weighted by atomic mass is 32.1. The minimum Gasteiger partial charge on any atom is -0.507 e. The number of carbonyl (C=O) groups is 2. The van der Waals surface area contributed by atoms with Gasteiger partial charge in [0.05, 0.1) is 21.8 Å². The second kappa shape index (κ2) is 10.6. The van der Waals surface area contributed by atoms with Crippen LogP contribution in [0.5, 0.6) is 5.75 Å². The molecular formula is C33H25FN2O4S. The number of fused-ring (bicyclic) bond motifs is 1. The lowest BCUT2D eigenvalue weighted by atomic mass is 9.93. The number of hydrogen-bond acceptors (Lipinski definition) is 6. The van der Waals surface area contributed by atoms with E-state index in [1.54, 1.807) is 30.3 Å². The molecule has 6 rings (SSSR count). The number of carbonyl (C=O) groups excluding carboxylic acids is 2. The van der Waals surface area contributed by atoms with Crippen molar-refractivity contribution in [3.05, 3.63) is 130 Å². The zero-order valence-electron chi connectivity index (χ0n) is 22.3. The van der Waals surface area contributed by atoms with E-state index in [9.17, 15) is 19.1 Å². The molecule has 1 saturated heterocycles. The van der Waals surface area contributed by atoms with Gasteiger partial charge in [-0.2, -0.15) is 0 Å². The molecule has 1 atom stereocenters. The van der Waals surface area contributed by atoms with E-state index in [0.717, 1.165) is 28.0 Å². The Morgan fingerprint density at radius 1 is 0.976 bits per heavy atom. The second-order valence-corrected chi connectivity index (χ2v) is 10.9. The summed E-state index contributed by atoms with van der Waals surface area (Å²) in [6.07, 6.45) is 0. The van der Waals surface area contributed by atoms with Crippen LogP contribution >= 0.6 is 11.3 Å². The van der Waals surface area contributed by atoms with Gasteiger partial charge in [0.15, 0.2) is 5.13 Å². The Hall–Kier alpha value is -4.82. The van der Waals surface area contributed by atoms with Gasteiger partial charge in [0, 0.05) is 5.56 Å². The van der Waals surface area contributed by atoms with E-state index >= 15 is 0 Å². The molecule has 1 aliphatic rings. The highest BCUT2D eigenvalue weighted by Gasteiger charge is 2.48. The van der Waals surface area contributed by atoms with E-state index in [1.807, 2.05) is 56.3 Å². The first kappa shape index (κ1) is 26.4. The molecule has 4 aromatic carbocycles. The number of aromatic nitrogens is 1. The summed E-state index contributed by atoms with van der Waals surface area (Å²) in [6.45, 7) is 4.11. The lowest BCUT2D eigenvalue weighted by Gasteiger charge is -2.23. The maximum atomic E-state index is 13.9. The third kappa shape index (κ3) is 4.98. The number of benzene rings is 4. The normalized spacial score (nSPS) is 16.5. The number of aliphatic hydroxyl groups excluding tert-OH is 1. The van der Waals surface area contributed by atoms with Crippen molar-refractivity contribution >= 4 is 44.1 Å². The Balaban J connectivity index is 1.45. The van der Waals surface area contributed by atoms with Gasteiger partial charge in [0.25, 0.3) is 5.78 Å². The quantitative estimate of drug-likeness (QED) is 0.133. The van der Waals surface area contributed by atoms with Crippen molar-refractivity contribution in [1.82, 2.24) is 4.98 Å². The van der Waals surface area contributed by atoms with Crippen molar-refractivity contribution in [3.63, 3.8) is 0 Å². The molecule has 1 aromatic heterocycles. The number of hydrogen-bond donors (Lipinski definition) is 1. The number of ether oxygens (including phenoxy) is 1. The smallest absolute Gasteiger partial charge is 0.301 e. The van der Waals surface area contributed by atoms with Crippen molar-refractivity contribution in [2.24, 2.45) is 0 Å². The molecule has 1 N–H and O–H groups in total. The van der Waals surface area contributed by atoms with E-state index < -0.39 is 23.5 Å². The van der Waals surface area contributed by atoms with Crippen LogP contribution in [0.1, 0.15) is 33.9 Å². The Bertz CT molecular complexity index is 1830. The summed E-state index contributed by atoms with van der Waals surface area (Å²) in [5.41, 5.74) is 4.22. The predicted molar refractivity (Wildman–Crippen MR) is 157 cm³/mol. The number of nitrogens with zero attached hydrogens (tertiary/aromatic N) is 2. The fourth-order valence-electron chi connectivity index (χ4n) is 4.96. The number of rotatable bonds is 6. The summed E-state index contributed by atoms with van der Waals surface area (Å²) in [7, 11) is 0. The number of aliphatic hydroxyl groups is 1. The minimum absolute atomic E-state index is 0.0351. The predicted octanol–water partition coefficient (Wildman–Crippen LogP) is 7.26. The molecule has 5 aromatic rings. The molecule has 0 radical (unpaired) electrons. The summed E-state index contributed by atoms with van der Waals surface area (Å²) in [4.78, 5) is 33.0. The molecule has 1 amide bonds. The molecule has 1 unspecified atom stereocenters. The van der Waals surface area contributed by atoms with E-state index in [2.05, 4.69) is 4.98 Å². The molecular weight excluding hydrogens is 539 g/mol.